The van der Waals surface area contributed by atoms with E-state index in [2.05, 4.69) is 39.8 Å². The molecule has 1 saturated carbocycles. The third-order valence-electron chi connectivity index (χ3n) is 7.69. The molecule has 2 aromatic rings. The van der Waals surface area contributed by atoms with Crippen molar-refractivity contribution in [2.75, 3.05) is 45.3 Å². The van der Waals surface area contributed by atoms with Gasteiger partial charge in [-0.2, -0.15) is 0 Å². The van der Waals surface area contributed by atoms with Crippen molar-refractivity contribution in [3.63, 3.8) is 0 Å². The standard InChI is InChI=1S/C28H37N3O3/c1-4-5-8-24(20-10-13-26(33-2)27(18-20)34-3)31-19-23-22(28(31)32)7-6-9-25(23)30-16-14-29(15-17-30)21-11-12-21/h6-7,9-10,13,18,21,24H,4-5,8,11-12,14-17,19H2,1-3H3/t24-/m1/s1. The number of anilines is 1. The van der Waals surface area contributed by atoms with Crippen LogP contribution in [0.3, 0.4) is 0 Å². The minimum Gasteiger partial charge on any atom is -0.493 e. The van der Waals surface area contributed by atoms with Crippen LogP contribution in [-0.2, 0) is 6.54 Å². The quantitative estimate of drug-likeness (QED) is 0.531. The molecule has 5 rings (SSSR count). The molecule has 6 nitrogen and oxygen atoms in total. The second-order valence-corrected chi connectivity index (χ2v) is 9.76. The van der Waals surface area contributed by atoms with Gasteiger partial charge >= 0.3 is 0 Å². The second kappa shape index (κ2) is 9.87. The van der Waals surface area contributed by atoms with Crippen molar-refractivity contribution in [1.29, 1.82) is 0 Å². The summed E-state index contributed by atoms with van der Waals surface area (Å²) in [6.45, 7) is 7.18. The van der Waals surface area contributed by atoms with Gasteiger partial charge in [-0.15, -0.1) is 0 Å². The van der Waals surface area contributed by atoms with E-state index in [1.165, 1.54) is 24.1 Å². The zero-order chi connectivity index (χ0) is 23.7. The van der Waals surface area contributed by atoms with Gasteiger partial charge in [0, 0.05) is 55.6 Å². The maximum atomic E-state index is 13.7. The number of benzene rings is 2. The molecule has 2 fully saturated rings. The number of rotatable bonds is 9. The van der Waals surface area contributed by atoms with Crippen LogP contribution in [0.1, 0.15) is 66.6 Å². The van der Waals surface area contributed by atoms with Crippen molar-refractivity contribution in [2.24, 2.45) is 0 Å². The van der Waals surface area contributed by atoms with Gasteiger partial charge in [-0.3, -0.25) is 9.69 Å². The lowest BCUT2D eigenvalue weighted by Crippen LogP contribution is -2.47. The van der Waals surface area contributed by atoms with Gasteiger partial charge in [-0.25, -0.2) is 0 Å². The van der Waals surface area contributed by atoms with Crippen LogP contribution in [0.5, 0.6) is 11.5 Å². The number of hydrogen-bond acceptors (Lipinski definition) is 5. The monoisotopic (exact) mass is 463 g/mol. The van der Waals surface area contributed by atoms with E-state index in [-0.39, 0.29) is 11.9 Å². The van der Waals surface area contributed by atoms with Gasteiger partial charge in [0.2, 0.25) is 0 Å². The summed E-state index contributed by atoms with van der Waals surface area (Å²) in [5, 5.41) is 0. The highest BCUT2D eigenvalue weighted by Gasteiger charge is 2.37. The van der Waals surface area contributed by atoms with Gasteiger partial charge < -0.3 is 19.3 Å². The molecule has 1 saturated heterocycles. The minimum absolute atomic E-state index is 0.0132. The molecule has 3 aliphatic rings. The Morgan fingerprint density at radius 2 is 1.76 bits per heavy atom. The predicted octanol–water partition coefficient (Wildman–Crippen LogP) is 4.88. The summed E-state index contributed by atoms with van der Waals surface area (Å²) in [6, 6.07) is 13.2. The predicted molar refractivity (Wildman–Crippen MR) is 135 cm³/mol. The first-order valence-corrected chi connectivity index (χ1v) is 12.8. The summed E-state index contributed by atoms with van der Waals surface area (Å²) in [5.74, 6) is 1.56. The highest BCUT2D eigenvalue weighted by Crippen LogP contribution is 2.41. The molecular formula is C28H37N3O3. The number of methoxy groups -OCH3 is 2. The van der Waals surface area contributed by atoms with Gasteiger partial charge in [-0.1, -0.05) is 31.9 Å². The summed E-state index contributed by atoms with van der Waals surface area (Å²) >= 11 is 0. The van der Waals surface area contributed by atoms with Crippen LogP contribution >= 0.6 is 0 Å². The number of carbonyl (C=O) groups excluding carboxylic acids is 1. The Balaban J connectivity index is 1.41. The number of hydrogen-bond donors (Lipinski definition) is 0. The number of amides is 1. The third-order valence-corrected chi connectivity index (χ3v) is 7.69. The van der Waals surface area contributed by atoms with Crippen LogP contribution < -0.4 is 14.4 Å². The number of fused-ring (bicyclic) bond motifs is 1. The molecule has 0 bridgehead atoms. The highest BCUT2D eigenvalue weighted by molar-refractivity contribution is 6.00. The van der Waals surface area contributed by atoms with Crippen LogP contribution in [0.25, 0.3) is 0 Å². The van der Waals surface area contributed by atoms with Gasteiger partial charge in [0.05, 0.1) is 20.3 Å². The number of piperazine rings is 1. The van der Waals surface area contributed by atoms with Crippen molar-refractivity contribution < 1.29 is 14.3 Å². The first-order valence-electron chi connectivity index (χ1n) is 12.8. The molecule has 1 amide bonds. The van der Waals surface area contributed by atoms with Crippen LogP contribution in [0.4, 0.5) is 5.69 Å². The molecule has 34 heavy (non-hydrogen) atoms. The number of ether oxygens (including phenoxy) is 2. The average Bonchev–Trinajstić information content (AvgIpc) is 3.68. The number of nitrogens with zero attached hydrogens (tertiary/aromatic N) is 3. The topological polar surface area (TPSA) is 45.3 Å². The van der Waals surface area contributed by atoms with E-state index >= 15 is 0 Å². The van der Waals surface area contributed by atoms with E-state index in [1.807, 2.05) is 18.2 Å². The zero-order valence-electron chi connectivity index (χ0n) is 20.8. The maximum absolute atomic E-state index is 13.7. The third kappa shape index (κ3) is 4.36. The molecule has 0 spiro atoms. The molecule has 0 aromatic heterocycles. The van der Waals surface area contributed by atoms with Gasteiger partial charge in [0.15, 0.2) is 11.5 Å². The Morgan fingerprint density at radius 1 is 1.00 bits per heavy atom. The lowest BCUT2D eigenvalue weighted by Gasteiger charge is -2.37. The first-order chi connectivity index (χ1) is 16.6. The molecule has 0 unspecified atom stereocenters. The van der Waals surface area contributed by atoms with Crippen LogP contribution in [0.2, 0.25) is 0 Å². The summed E-state index contributed by atoms with van der Waals surface area (Å²) in [6.07, 6.45) is 5.81. The lowest BCUT2D eigenvalue weighted by atomic mass is 9.99. The second-order valence-electron chi connectivity index (χ2n) is 9.76. The molecular weight excluding hydrogens is 426 g/mol. The minimum atomic E-state index is 0.0132. The van der Waals surface area contributed by atoms with Crippen molar-refractivity contribution in [3.8, 4) is 11.5 Å². The summed E-state index contributed by atoms with van der Waals surface area (Å²) in [5.41, 5.74) is 4.40. The SMILES string of the molecule is CCCC[C@H](c1ccc(OC)c(OC)c1)N1Cc2c(cccc2N2CCN(C3CC3)CC2)C1=O. The molecule has 182 valence electrons. The molecule has 1 atom stereocenters. The largest absolute Gasteiger partial charge is 0.493 e. The van der Waals surface area contributed by atoms with Crippen LogP contribution in [0, 0.1) is 0 Å². The van der Waals surface area contributed by atoms with Crippen LogP contribution in [-0.4, -0.2) is 62.1 Å². The van der Waals surface area contributed by atoms with Crippen LogP contribution in [0.15, 0.2) is 36.4 Å². The van der Waals surface area contributed by atoms with E-state index in [1.54, 1.807) is 14.2 Å². The van der Waals surface area contributed by atoms with Gasteiger partial charge in [-0.05, 0) is 49.1 Å². The van der Waals surface area contributed by atoms with E-state index in [4.69, 9.17) is 9.47 Å². The molecule has 0 radical (unpaired) electrons. The first kappa shape index (κ1) is 23.0. The van der Waals surface area contributed by atoms with Crippen molar-refractivity contribution in [3.05, 3.63) is 53.1 Å². The van der Waals surface area contributed by atoms with E-state index < -0.39 is 0 Å². The van der Waals surface area contributed by atoms with Gasteiger partial charge in [0.25, 0.3) is 5.91 Å². The normalized spacial score (nSPS) is 19.3. The Labute approximate surface area is 203 Å². The zero-order valence-corrected chi connectivity index (χ0v) is 20.8. The molecule has 0 N–H and O–H groups in total. The smallest absolute Gasteiger partial charge is 0.255 e. The summed E-state index contributed by atoms with van der Waals surface area (Å²) in [7, 11) is 3.31. The average molecular weight is 464 g/mol. The van der Waals surface area contributed by atoms with E-state index in [9.17, 15) is 4.79 Å². The fraction of sp³-hybridized carbons (Fsp3) is 0.536. The lowest BCUT2D eigenvalue weighted by molar-refractivity contribution is 0.0689. The van der Waals surface area contributed by atoms with Crippen molar-refractivity contribution in [1.82, 2.24) is 9.80 Å². The summed E-state index contributed by atoms with van der Waals surface area (Å²) in [4.78, 5) is 20.9. The fourth-order valence-electron chi connectivity index (χ4n) is 5.61. The summed E-state index contributed by atoms with van der Waals surface area (Å²) < 4.78 is 11.0. The fourth-order valence-corrected chi connectivity index (χ4v) is 5.61. The number of carbonyl (C=O) groups is 1. The van der Waals surface area contributed by atoms with Crippen molar-refractivity contribution in [2.45, 2.75) is 57.7 Å². The molecule has 6 heteroatoms. The Hall–Kier alpha value is -2.73. The van der Waals surface area contributed by atoms with E-state index in [0.29, 0.717) is 18.0 Å². The molecule has 1 aliphatic carbocycles. The van der Waals surface area contributed by atoms with Crippen molar-refractivity contribution >= 4 is 11.6 Å². The Kier molecular flexibility index (Phi) is 6.68. The van der Waals surface area contributed by atoms with E-state index in [0.717, 1.165) is 62.6 Å². The molecule has 2 aliphatic heterocycles. The highest BCUT2D eigenvalue weighted by atomic mass is 16.5. The van der Waals surface area contributed by atoms with Gasteiger partial charge in [0.1, 0.15) is 0 Å². The number of unbranched alkanes of at least 4 members (excludes halogenated alkanes) is 1. The molecule has 2 aromatic carbocycles. The Morgan fingerprint density at radius 3 is 2.44 bits per heavy atom. The molecule has 2 heterocycles. The Bertz CT molecular complexity index is 1030. The maximum Gasteiger partial charge on any atom is 0.255 e.